The molecule has 6 heteroatoms. The monoisotopic (exact) mass is 310 g/mol. The number of likely N-dealkylation sites (N-methyl/N-ethyl adjacent to an activating group) is 1. The van der Waals surface area contributed by atoms with E-state index in [1.165, 1.54) is 19.3 Å². The van der Waals surface area contributed by atoms with Gasteiger partial charge in [-0.15, -0.1) is 0 Å². The number of rotatable bonds is 4. The third-order valence-corrected chi connectivity index (χ3v) is 5.05. The lowest BCUT2D eigenvalue weighted by Gasteiger charge is -2.34. The quantitative estimate of drug-likeness (QED) is 0.922. The molecule has 1 saturated heterocycles. The fourth-order valence-corrected chi connectivity index (χ4v) is 3.45. The zero-order valence-electron chi connectivity index (χ0n) is 12.5. The van der Waals surface area contributed by atoms with Gasteiger partial charge in [-0.05, 0) is 38.6 Å². The molecule has 2 aliphatic rings. The van der Waals surface area contributed by atoms with Crippen LogP contribution in [0.15, 0.2) is 11.0 Å². The molecular formula is C15H23ClN4O. The normalized spacial score (nSPS) is 23.1. The van der Waals surface area contributed by atoms with Crippen molar-refractivity contribution in [1.82, 2.24) is 15.1 Å². The minimum Gasteiger partial charge on any atom is -0.364 e. The second-order valence-electron chi connectivity index (χ2n) is 6.20. The van der Waals surface area contributed by atoms with Crippen molar-refractivity contribution in [2.24, 2.45) is 5.92 Å². The lowest BCUT2D eigenvalue weighted by molar-refractivity contribution is 0.261. The molecule has 1 atom stereocenters. The van der Waals surface area contributed by atoms with E-state index < -0.39 is 0 Å². The fraction of sp³-hybridized carbons (Fsp3) is 0.733. The summed E-state index contributed by atoms with van der Waals surface area (Å²) in [7, 11) is 1.97. The number of anilines is 1. The van der Waals surface area contributed by atoms with Crippen LogP contribution in [0.5, 0.6) is 0 Å². The second kappa shape index (κ2) is 6.36. The minimum absolute atomic E-state index is 0.0360. The molecule has 1 N–H and O–H groups in total. The summed E-state index contributed by atoms with van der Waals surface area (Å²) in [6, 6.07) is 0.419. The summed E-state index contributed by atoms with van der Waals surface area (Å²) in [6.45, 7) is 2.45. The first-order chi connectivity index (χ1) is 10.2. The predicted octanol–water partition coefficient (Wildman–Crippen LogP) is 1.89. The van der Waals surface area contributed by atoms with Gasteiger partial charge in [0.15, 0.2) is 0 Å². The Balaban J connectivity index is 1.85. The van der Waals surface area contributed by atoms with Crippen LogP contribution in [0.3, 0.4) is 0 Å². The molecule has 1 aliphatic carbocycles. The summed E-state index contributed by atoms with van der Waals surface area (Å²) in [5.41, 5.74) is 0.595. The first-order valence-electron chi connectivity index (χ1n) is 7.87. The topological polar surface area (TPSA) is 50.2 Å². The highest BCUT2D eigenvalue weighted by molar-refractivity contribution is 6.33. The van der Waals surface area contributed by atoms with Crippen molar-refractivity contribution in [3.05, 3.63) is 21.6 Å². The van der Waals surface area contributed by atoms with E-state index in [9.17, 15) is 4.79 Å². The molecule has 0 radical (unpaired) electrons. The summed E-state index contributed by atoms with van der Waals surface area (Å²) in [6.07, 6.45) is 7.53. The summed E-state index contributed by atoms with van der Waals surface area (Å²) in [4.78, 5) is 14.8. The van der Waals surface area contributed by atoms with E-state index in [1.807, 2.05) is 7.05 Å². The molecule has 1 aromatic heterocycles. The molecule has 0 aromatic carbocycles. The molecule has 1 saturated carbocycles. The maximum absolute atomic E-state index is 12.7. The molecule has 21 heavy (non-hydrogen) atoms. The van der Waals surface area contributed by atoms with E-state index in [0.29, 0.717) is 22.7 Å². The van der Waals surface area contributed by atoms with Crippen LogP contribution in [-0.2, 0) is 6.54 Å². The molecule has 2 fully saturated rings. The Morgan fingerprint density at radius 1 is 1.38 bits per heavy atom. The Morgan fingerprint density at radius 3 is 2.86 bits per heavy atom. The number of aromatic nitrogens is 2. The molecule has 0 spiro atoms. The first-order valence-corrected chi connectivity index (χ1v) is 8.24. The van der Waals surface area contributed by atoms with Gasteiger partial charge in [0.1, 0.15) is 5.69 Å². The van der Waals surface area contributed by atoms with Gasteiger partial charge >= 0.3 is 0 Å². The van der Waals surface area contributed by atoms with E-state index in [4.69, 9.17) is 11.6 Å². The summed E-state index contributed by atoms with van der Waals surface area (Å²) >= 11 is 6.27. The van der Waals surface area contributed by atoms with Crippen molar-refractivity contribution in [3.8, 4) is 0 Å². The standard InChI is InChI=1S/C15H23ClN4O/c1-17-12-6-3-7-19(10-12)14-13(16)8-18-20(15(14)21)9-11-4-2-5-11/h8,11-12,17H,2-7,9-10H2,1H3. The van der Waals surface area contributed by atoms with Gasteiger partial charge < -0.3 is 10.2 Å². The molecule has 0 bridgehead atoms. The lowest BCUT2D eigenvalue weighted by Crippen LogP contribution is -2.47. The van der Waals surface area contributed by atoms with Gasteiger partial charge in [0.2, 0.25) is 0 Å². The molecule has 116 valence electrons. The van der Waals surface area contributed by atoms with Gasteiger partial charge in [-0.1, -0.05) is 18.0 Å². The number of hydrogen-bond acceptors (Lipinski definition) is 4. The SMILES string of the molecule is CNC1CCCN(c2c(Cl)cnn(CC3CCC3)c2=O)C1. The molecular weight excluding hydrogens is 288 g/mol. The molecule has 3 rings (SSSR count). The molecule has 1 aliphatic heterocycles. The maximum Gasteiger partial charge on any atom is 0.291 e. The van der Waals surface area contributed by atoms with Gasteiger partial charge in [0, 0.05) is 25.7 Å². The zero-order chi connectivity index (χ0) is 14.8. The Bertz CT molecular complexity index is 555. The van der Waals surface area contributed by atoms with Crippen molar-refractivity contribution in [1.29, 1.82) is 0 Å². The largest absolute Gasteiger partial charge is 0.364 e. The molecule has 2 heterocycles. The van der Waals surface area contributed by atoms with Gasteiger partial charge in [0.25, 0.3) is 5.56 Å². The Labute approximate surface area is 130 Å². The highest BCUT2D eigenvalue weighted by atomic mass is 35.5. The number of halogens is 1. The van der Waals surface area contributed by atoms with E-state index in [1.54, 1.807) is 10.9 Å². The Kier molecular flexibility index (Phi) is 4.50. The van der Waals surface area contributed by atoms with E-state index in [-0.39, 0.29) is 5.56 Å². The maximum atomic E-state index is 12.7. The van der Waals surface area contributed by atoms with Crippen LogP contribution in [0.1, 0.15) is 32.1 Å². The predicted molar refractivity (Wildman–Crippen MR) is 85.1 cm³/mol. The minimum atomic E-state index is -0.0360. The van der Waals surface area contributed by atoms with Crippen molar-refractivity contribution >= 4 is 17.3 Å². The average molecular weight is 311 g/mol. The van der Waals surface area contributed by atoms with Gasteiger partial charge in [0.05, 0.1) is 11.2 Å². The Hall–Kier alpha value is -1.07. The van der Waals surface area contributed by atoms with E-state index in [2.05, 4.69) is 15.3 Å². The fourth-order valence-electron chi connectivity index (χ4n) is 3.21. The van der Waals surface area contributed by atoms with Crippen LogP contribution in [0, 0.1) is 5.92 Å². The van der Waals surface area contributed by atoms with Crippen molar-refractivity contribution < 1.29 is 0 Å². The van der Waals surface area contributed by atoms with Crippen LogP contribution in [0.25, 0.3) is 0 Å². The van der Waals surface area contributed by atoms with Gasteiger partial charge in [-0.3, -0.25) is 4.79 Å². The first kappa shape index (κ1) is 14.9. The van der Waals surface area contributed by atoms with Gasteiger partial charge in [-0.25, -0.2) is 4.68 Å². The van der Waals surface area contributed by atoms with Crippen LogP contribution < -0.4 is 15.8 Å². The zero-order valence-corrected chi connectivity index (χ0v) is 13.3. The number of nitrogens with one attached hydrogen (secondary N) is 1. The van der Waals surface area contributed by atoms with E-state index >= 15 is 0 Å². The third kappa shape index (κ3) is 3.09. The Morgan fingerprint density at radius 2 is 2.19 bits per heavy atom. The molecule has 5 nitrogen and oxygen atoms in total. The van der Waals surface area contributed by atoms with Crippen molar-refractivity contribution in [2.75, 3.05) is 25.0 Å². The summed E-state index contributed by atoms with van der Waals surface area (Å²) in [5, 5.41) is 8.00. The second-order valence-corrected chi connectivity index (χ2v) is 6.61. The van der Waals surface area contributed by atoms with Crippen molar-refractivity contribution in [3.63, 3.8) is 0 Å². The van der Waals surface area contributed by atoms with Gasteiger partial charge in [-0.2, -0.15) is 5.10 Å². The number of hydrogen-bond donors (Lipinski definition) is 1. The molecule has 1 unspecified atom stereocenters. The smallest absolute Gasteiger partial charge is 0.291 e. The van der Waals surface area contributed by atoms with Crippen molar-refractivity contribution in [2.45, 2.75) is 44.7 Å². The van der Waals surface area contributed by atoms with Crippen LogP contribution in [0.4, 0.5) is 5.69 Å². The van der Waals surface area contributed by atoms with Crippen LogP contribution >= 0.6 is 11.6 Å². The summed E-state index contributed by atoms with van der Waals surface area (Å²) in [5.74, 6) is 0.607. The van der Waals surface area contributed by atoms with Crippen LogP contribution in [-0.4, -0.2) is 36.0 Å². The number of piperidine rings is 1. The third-order valence-electron chi connectivity index (χ3n) is 4.78. The van der Waals surface area contributed by atoms with Crippen LogP contribution in [0.2, 0.25) is 5.02 Å². The average Bonchev–Trinajstić information content (AvgIpc) is 2.45. The molecule has 1 aromatic rings. The highest BCUT2D eigenvalue weighted by Crippen LogP contribution is 2.28. The number of nitrogens with zero attached hydrogens (tertiary/aromatic N) is 3. The van der Waals surface area contributed by atoms with E-state index in [0.717, 1.165) is 32.5 Å². The highest BCUT2D eigenvalue weighted by Gasteiger charge is 2.25. The summed E-state index contributed by atoms with van der Waals surface area (Å²) < 4.78 is 1.61. The lowest BCUT2D eigenvalue weighted by atomic mass is 9.85. The molecule has 0 amide bonds.